The summed E-state index contributed by atoms with van der Waals surface area (Å²) in [6, 6.07) is 10.2. The molecular formula is C15H20N2O2. The molecule has 19 heavy (non-hydrogen) atoms. The molecule has 2 unspecified atom stereocenters. The van der Waals surface area contributed by atoms with Gasteiger partial charge in [-0.2, -0.15) is 4.99 Å². The summed E-state index contributed by atoms with van der Waals surface area (Å²) in [6.45, 7) is 4.42. The van der Waals surface area contributed by atoms with Crippen molar-refractivity contribution in [3.05, 3.63) is 35.9 Å². The number of piperidine rings is 1. The maximum atomic E-state index is 10.6. The van der Waals surface area contributed by atoms with E-state index in [1.54, 1.807) is 6.08 Å². The standard InChI is InChI=1S/C15H20N2O2/c1-2-19-14-8-9-17(15(10-14)16-12-18)11-13-6-4-3-5-7-13/h3-7,14-15H,2,8-11H2,1H3. The molecular weight excluding hydrogens is 240 g/mol. The highest BCUT2D eigenvalue weighted by atomic mass is 16.5. The molecule has 0 bridgehead atoms. The van der Waals surface area contributed by atoms with Crippen LogP contribution in [-0.2, 0) is 16.1 Å². The lowest BCUT2D eigenvalue weighted by molar-refractivity contribution is -0.0107. The van der Waals surface area contributed by atoms with Crippen LogP contribution in [0, 0.1) is 0 Å². The van der Waals surface area contributed by atoms with E-state index in [9.17, 15) is 4.79 Å². The quantitative estimate of drug-likeness (QED) is 0.603. The first-order valence-electron chi connectivity index (χ1n) is 6.80. The van der Waals surface area contributed by atoms with Gasteiger partial charge in [-0.1, -0.05) is 30.3 Å². The molecule has 1 fully saturated rings. The number of rotatable bonds is 5. The summed E-state index contributed by atoms with van der Waals surface area (Å²) in [4.78, 5) is 16.7. The minimum absolute atomic E-state index is 0.108. The van der Waals surface area contributed by atoms with Crippen LogP contribution in [-0.4, -0.2) is 36.4 Å². The Morgan fingerprint density at radius 2 is 2.21 bits per heavy atom. The lowest BCUT2D eigenvalue weighted by Gasteiger charge is -2.36. The normalized spacial score (nSPS) is 23.8. The van der Waals surface area contributed by atoms with Crippen molar-refractivity contribution in [2.45, 2.75) is 38.6 Å². The molecule has 1 saturated heterocycles. The minimum atomic E-state index is -0.108. The average Bonchev–Trinajstić information content (AvgIpc) is 2.43. The van der Waals surface area contributed by atoms with Crippen LogP contribution in [0.2, 0.25) is 0 Å². The van der Waals surface area contributed by atoms with E-state index in [0.717, 1.165) is 25.9 Å². The fourth-order valence-corrected chi connectivity index (χ4v) is 2.55. The highest BCUT2D eigenvalue weighted by Crippen LogP contribution is 2.22. The van der Waals surface area contributed by atoms with Gasteiger partial charge >= 0.3 is 0 Å². The van der Waals surface area contributed by atoms with Crippen molar-refractivity contribution in [3.63, 3.8) is 0 Å². The molecule has 2 atom stereocenters. The van der Waals surface area contributed by atoms with Crippen LogP contribution in [0.15, 0.2) is 35.3 Å². The summed E-state index contributed by atoms with van der Waals surface area (Å²) in [5, 5.41) is 0. The SMILES string of the molecule is CCOC1CCN(Cc2ccccc2)C(N=C=O)C1. The van der Waals surface area contributed by atoms with Crippen molar-refractivity contribution in [2.75, 3.05) is 13.2 Å². The Kier molecular flexibility index (Phi) is 5.28. The van der Waals surface area contributed by atoms with Gasteiger partial charge in [0.2, 0.25) is 6.08 Å². The van der Waals surface area contributed by atoms with Crippen molar-refractivity contribution in [3.8, 4) is 0 Å². The lowest BCUT2D eigenvalue weighted by atomic mass is 10.0. The van der Waals surface area contributed by atoms with Gasteiger partial charge in [0.05, 0.1) is 6.10 Å². The van der Waals surface area contributed by atoms with Crippen molar-refractivity contribution >= 4 is 6.08 Å². The van der Waals surface area contributed by atoms with E-state index >= 15 is 0 Å². The minimum Gasteiger partial charge on any atom is -0.378 e. The summed E-state index contributed by atoms with van der Waals surface area (Å²) in [5.74, 6) is 0. The molecule has 0 amide bonds. The number of benzene rings is 1. The van der Waals surface area contributed by atoms with Crippen LogP contribution < -0.4 is 0 Å². The fraction of sp³-hybridized carbons (Fsp3) is 0.533. The van der Waals surface area contributed by atoms with Gasteiger partial charge in [-0.3, -0.25) is 4.90 Å². The third kappa shape index (κ3) is 4.00. The number of ether oxygens (including phenoxy) is 1. The van der Waals surface area contributed by atoms with Crippen LogP contribution in [0.5, 0.6) is 0 Å². The molecule has 0 spiro atoms. The largest absolute Gasteiger partial charge is 0.378 e. The predicted octanol–water partition coefficient (Wildman–Crippen LogP) is 2.35. The van der Waals surface area contributed by atoms with Crippen LogP contribution in [0.1, 0.15) is 25.3 Å². The Morgan fingerprint density at radius 1 is 1.42 bits per heavy atom. The smallest absolute Gasteiger partial charge is 0.236 e. The molecule has 1 aliphatic rings. The summed E-state index contributed by atoms with van der Waals surface area (Å²) in [7, 11) is 0. The fourth-order valence-electron chi connectivity index (χ4n) is 2.55. The van der Waals surface area contributed by atoms with Crippen molar-refractivity contribution < 1.29 is 9.53 Å². The van der Waals surface area contributed by atoms with Gasteiger partial charge in [-0.15, -0.1) is 0 Å². The van der Waals surface area contributed by atoms with Gasteiger partial charge in [-0.05, 0) is 18.9 Å². The summed E-state index contributed by atoms with van der Waals surface area (Å²) >= 11 is 0. The molecule has 1 aromatic carbocycles. The van der Waals surface area contributed by atoms with Gasteiger partial charge in [0.15, 0.2) is 0 Å². The van der Waals surface area contributed by atoms with Gasteiger partial charge in [0.25, 0.3) is 0 Å². The lowest BCUT2D eigenvalue weighted by Crippen LogP contribution is -2.43. The van der Waals surface area contributed by atoms with Crippen molar-refractivity contribution in [1.82, 2.24) is 4.90 Å². The zero-order chi connectivity index (χ0) is 13.5. The van der Waals surface area contributed by atoms with Crippen LogP contribution in [0.25, 0.3) is 0 Å². The van der Waals surface area contributed by atoms with Crippen molar-refractivity contribution in [1.29, 1.82) is 0 Å². The van der Waals surface area contributed by atoms with Gasteiger partial charge in [0.1, 0.15) is 6.17 Å². The molecule has 1 aliphatic heterocycles. The summed E-state index contributed by atoms with van der Waals surface area (Å²) < 4.78 is 5.64. The maximum absolute atomic E-state index is 10.6. The molecule has 0 aromatic heterocycles. The number of isocyanates is 1. The second-order valence-corrected chi connectivity index (χ2v) is 4.76. The molecule has 0 saturated carbocycles. The van der Waals surface area contributed by atoms with Crippen LogP contribution in [0.4, 0.5) is 0 Å². The van der Waals surface area contributed by atoms with E-state index in [1.807, 2.05) is 25.1 Å². The van der Waals surface area contributed by atoms with E-state index in [4.69, 9.17) is 4.74 Å². The second-order valence-electron chi connectivity index (χ2n) is 4.76. The Labute approximate surface area is 114 Å². The zero-order valence-corrected chi connectivity index (χ0v) is 11.3. The molecule has 2 rings (SSSR count). The topological polar surface area (TPSA) is 41.9 Å². The first-order chi connectivity index (χ1) is 9.33. The average molecular weight is 260 g/mol. The second kappa shape index (κ2) is 7.19. The number of carbonyl (C=O) groups excluding carboxylic acids is 1. The predicted molar refractivity (Wildman–Crippen MR) is 73.4 cm³/mol. The number of hydrogen-bond acceptors (Lipinski definition) is 4. The van der Waals surface area contributed by atoms with Crippen LogP contribution >= 0.6 is 0 Å². The molecule has 4 heteroatoms. The van der Waals surface area contributed by atoms with E-state index in [1.165, 1.54) is 5.56 Å². The van der Waals surface area contributed by atoms with E-state index in [-0.39, 0.29) is 12.3 Å². The Balaban J connectivity index is 2.01. The number of aliphatic imine (C=N–C) groups is 1. The molecule has 102 valence electrons. The monoisotopic (exact) mass is 260 g/mol. The first-order valence-corrected chi connectivity index (χ1v) is 6.80. The molecule has 0 radical (unpaired) electrons. The molecule has 1 heterocycles. The first kappa shape index (κ1) is 13.9. The Bertz CT molecular complexity index is 429. The summed E-state index contributed by atoms with van der Waals surface area (Å²) in [5.41, 5.74) is 1.24. The third-order valence-electron chi connectivity index (χ3n) is 3.47. The van der Waals surface area contributed by atoms with E-state index in [2.05, 4.69) is 22.0 Å². The molecule has 0 aliphatic carbocycles. The highest BCUT2D eigenvalue weighted by molar-refractivity contribution is 5.33. The van der Waals surface area contributed by atoms with Gasteiger partial charge in [-0.25, -0.2) is 4.79 Å². The summed E-state index contributed by atoms with van der Waals surface area (Å²) in [6.07, 6.45) is 3.56. The van der Waals surface area contributed by atoms with E-state index in [0.29, 0.717) is 6.61 Å². The highest BCUT2D eigenvalue weighted by Gasteiger charge is 2.28. The third-order valence-corrected chi connectivity index (χ3v) is 3.47. The zero-order valence-electron chi connectivity index (χ0n) is 11.3. The van der Waals surface area contributed by atoms with Gasteiger partial charge in [0, 0.05) is 26.1 Å². The van der Waals surface area contributed by atoms with Crippen molar-refractivity contribution in [2.24, 2.45) is 4.99 Å². The molecule has 1 aromatic rings. The number of likely N-dealkylation sites (tertiary alicyclic amines) is 1. The number of hydrogen-bond donors (Lipinski definition) is 0. The maximum Gasteiger partial charge on any atom is 0.236 e. The molecule has 0 N–H and O–H groups in total. The van der Waals surface area contributed by atoms with E-state index < -0.39 is 0 Å². The Morgan fingerprint density at radius 3 is 2.89 bits per heavy atom. The molecule has 4 nitrogen and oxygen atoms in total. The number of nitrogens with zero attached hydrogens (tertiary/aromatic N) is 2. The van der Waals surface area contributed by atoms with Gasteiger partial charge < -0.3 is 4.74 Å². The Hall–Kier alpha value is -1.48. The van der Waals surface area contributed by atoms with Crippen LogP contribution in [0.3, 0.4) is 0 Å².